The van der Waals surface area contributed by atoms with Crippen LogP contribution in [0.15, 0.2) is 24.3 Å². The molecule has 1 unspecified atom stereocenters. The van der Waals surface area contributed by atoms with Crippen LogP contribution in [-0.2, 0) is 11.2 Å². The molecule has 1 aromatic carbocycles. The highest BCUT2D eigenvalue weighted by atomic mass is 16.5. The zero-order valence-electron chi connectivity index (χ0n) is 11.1. The summed E-state index contributed by atoms with van der Waals surface area (Å²) in [5.41, 5.74) is 6.97. The van der Waals surface area contributed by atoms with Gasteiger partial charge in [0.25, 0.3) is 0 Å². The number of hydrogen-bond acceptors (Lipinski definition) is 3. The number of nitrogens with one attached hydrogen (secondary N) is 1. The van der Waals surface area contributed by atoms with E-state index in [9.17, 15) is 4.79 Å². The summed E-state index contributed by atoms with van der Waals surface area (Å²) in [7, 11) is 1.62. The van der Waals surface area contributed by atoms with E-state index in [1.54, 1.807) is 7.05 Å². The second kappa shape index (κ2) is 7.71. The van der Waals surface area contributed by atoms with E-state index in [-0.39, 0.29) is 11.9 Å². The highest BCUT2D eigenvalue weighted by Gasteiger charge is 2.00. The number of nitrogens with two attached hydrogens (primary N) is 1. The topological polar surface area (TPSA) is 64.3 Å². The number of carbonyl (C=O) groups is 1. The molecule has 0 saturated carbocycles. The summed E-state index contributed by atoms with van der Waals surface area (Å²) in [5, 5.41) is 2.56. The first-order chi connectivity index (χ1) is 8.61. The summed E-state index contributed by atoms with van der Waals surface area (Å²) < 4.78 is 5.47. The molecule has 0 aliphatic carbocycles. The molecule has 18 heavy (non-hydrogen) atoms. The summed E-state index contributed by atoms with van der Waals surface area (Å²) >= 11 is 0. The maximum atomic E-state index is 11.0. The largest absolute Gasteiger partial charge is 0.493 e. The maximum absolute atomic E-state index is 11.0. The Kier molecular flexibility index (Phi) is 6.22. The van der Waals surface area contributed by atoms with Crippen LogP contribution >= 0.6 is 0 Å². The highest BCUT2D eigenvalue weighted by Crippen LogP contribution is 2.14. The van der Waals surface area contributed by atoms with Crippen LogP contribution in [0, 0.1) is 0 Å². The van der Waals surface area contributed by atoms with E-state index in [1.165, 1.54) is 5.56 Å². The summed E-state index contributed by atoms with van der Waals surface area (Å²) in [6, 6.07) is 8.17. The fourth-order valence-electron chi connectivity index (χ4n) is 1.53. The molecular formula is C14H22N2O2. The van der Waals surface area contributed by atoms with Gasteiger partial charge in [-0.2, -0.15) is 0 Å². The second-order valence-electron chi connectivity index (χ2n) is 4.43. The number of amides is 1. The Morgan fingerprint density at radius 3 is 2.61 bits per heavy atom. The average Bonchev–Trinajstić information content (AvgIpc) is 2.37. The van der Waals surface area contributed by atoms with Gasteiger partial charge in [-0.25, -0.2) is 0 Å². The van der Waals surface area contributed by atoms with Gasteiger partial charge >= 0.3 is 0 Å². The molecule has 0 radical (unpaired) electrons. The zero-order chi connectivity index (χ0) is 13.4. The maximum Gasteiger partial charge on any atom is 0.223 e. The minimum absolute atomic E-state index is 0.0106. The van der Waals surface area contributed by atoms with E-state index in [0.717, 1.165) is 18.6 Å². The lowest BCUT2D eigenvalue weighted by molar-refractivity contribution is -0.121. The van der Waals surface area contributed by atoms with Crippen molar-refractivity contribution in [2.75, 3.05) is 13.7 Å². The summed E-state index contributed by atoms with van der Waals surface area (Å²) in [4.78, 5) is 11.0. The SMILES string of the molecule is CNC(=O)CCOc1ccc(CCC(C)N)cc1. The average molecular weight is 250 g/mol. The molecule has 0 aliphatic rings. The normalized spacial score (nSPS) is 11.9. The lowest BCUT2D eigenvalue weighted by Gasteiger charge is -2.08. The molecule has 1 rings (SSSR count). The van der Waals surface area contributed by atoms with Crippen molar-refractivity contribution in [1.82, 2.24) is 5.32 Å². The standard InChI is InChI=1S/C14H22N2O2/c1-11(15)3-4-12-5-7-13(8-6-12)18-10-9-14(17)16-2/h5-8,11H,3-4,9-10,15H2,1-2H3,(H,16,17). The number of hydrogen-bond donors (Lipinski definition) is 2. The molecule has 0 aromatic heterocycles. The van der Waals surface area contributed by atoms with E-state index in [0.29, 0.717) is 13.0 Å². The smallest absolute Gasteiger partial charge is 0.223 e. The Balaban J connectivity index is 2.33. The van der Waals surface area contributed by atoms with E-state index in [2.05, 4.69) is 5.32 Å². The first kappa shape index (κ1) is 14.5. The zero-order valence-corrected chi connectivity index (χ0v) is 11.1. The first-order valence-corrected chi connectivity index (χ1v) is 6.29. The Bertz CT molecular complexity index is 361. The van der Waals surface area contributed by atoms with Crippen molar-refractivity contribution in [2.24, 2.45) is 5.73 Å². The molecule has 0 aliphatic heterocycles. The molecule has 3 N–H and O–H groups in total. The van der Waals surface area contributed by atoms with Crippen molar-refractivity contribution >= 4 is 5.91 Å². The monoisotopic (exact) mass is 250 g/mol. The van der Waals surface area contributed by atoms with Crippen LogP contribution in [0.2, 0.25) is 0 Å². The highest BCUT2D eigenvalue weighted by molar-refractivity contribution is 5.75. The Morgan fingerprint density at radius 1 is 1.39 bits per heavy atom. The fourth-order valence-corrected chi connectivity index (χ4v) is 1.53. The number of benzene rings is 1. The second-order valence-corrected chi connectivity index (χ2v) is 4.43. The Labute approximate surface area is 109 Å². The molecule has 1 amide bonds. The quantitative estimate of drug-likeness (QED) is 0.770. The molecule has 0 fully saturated rings. The van der Waals surface area contributed by atoms with Gasteiger partial charge in [-0.05, 0) is 37.5 Å². The number of carbonyl (C=O) groups excluding carboxylic acids is 1. The summed E-state index contributed by atoms with van der Waals surface area (Å²) in [6.07, 6.45) is 2.34. The van der Waals surface area contributed by atoms with Gasteiger partial charge in [-0.15, -0.1) is 0 Å². The van der Waals surface area contributed by atoms with Gasteiger partial charge < -0.3 is 15.8 Å². The molecule has 0 bridgehead atoms. The molecule has 1 aromatic rings. The first-order valence-electron chi connectivity index (χ1n) is 6.29. The van der Waals surface area contributed by atoms with Gasteiger partial charge in [0.15, 0.2) is 0 Å². The van der Waals surface area contributed by atoms with Gasteiger partial charge in [0.2, 0.25) is 5.91 Å². The van der Waals surface area contributed by atoms with Crippen LogP contribution in [0.5, 0.6) is 5.75 Å². The third-order valence-corrected chi connectivity index (χ3v) is 2.69. The van der Waals surface area contributed by atoms with Crippen molar-refractivity contribution in [3.8, 4) is 5.75 Å². The molecule has 100 valence electrons. The number of rotatable bonds is 7. The third-order valence-electron chi connectivity index (χ3n) is 2.69. The van der Waals surface area contributed by atoms with Gasteiger partial charge in [-0.1, -0.05) is 12.1 Å². The van der Waals surface area contributed by atoms with E-state index in [1.807, 2.05) is 31.2 Å². The molecular weight excluding hydrogens is 228 g/mol. The molecule has 1 atom stereocenters. The number of ether oxygens (including phenoxy) is 1. The molecule has 4 heteroatoms. The molecule has 0 heterocycles. The van der Waals surface area contributed by atoms with Crippen LogP contribution in [0.1, 0.15) is 25.3 Å². The van der Waals surface area contributed by atoms with Crippen LogP contribution in [0.25, 0.3) is 0 Å². The van der Waals surface area contributed by atoms with Crippen molar-refractivity contribution < 1.29 is 9.53 Å². The lowest BCUT2D eigenvalue weighted by Crippen LogP contribution is -2.20. The predicted octanol–water partition coefficient (Wildman–Crippen LogP) is 1.48. The van der Waals surface area contributed by atoms with E-state index in [4.69, 9.17) is 10.5 Å². The minimum Gasteiger partial charge on any atom is -0.493 e. The number of aryl methyl sites for hydroxylation is 1. The molecule has 4 nitrogen and oxygen atoms in total. The minimum atomic E-state index is -0.0106. The fraction of sp³-hybridized carbons (Fsp3) is 0.500. The van der Waals surface area contributed by atoms with E-state index >= 15 is 0 Å². The lowest BCUT2D eigenvalue weighted by atomic mass is 10.1. The van der Waals surface area contributed by atoms with Crippen LogP contribution in [-0.4, -0.2) is 25.6 Å². The predicted molar refractivity (Wildman–Crippen MR) is 72.6 cm³/mol. The van der Waals surface area contributed by atoms with Crippen molar-refractivity contribution in [2.45, 2.75) is 32.2 Å². The Morgan fingerprint density at radius 2 is 2.06 bits per heavy atom. The van der Waals surface area contributed by atoms with Crippen molar-refractivity contribution in [3.63, 3.8) is 0 Å². The Hall–Kier alpha value is -1.55. The van der Waals surface area contributed by atoms with Crippen LogP contribution < -0.4 is 15.8 Å². The summed E-state index contributed by atoms with van der Waals surface area (Å²) in [5.74, 6) is 0.784. The van der Waals surface area contributed by atoms with Gasteiger partial charge in [-0.3, -0.25) is 4.79 Å². The van der Waals surface area contributed by atoms with Crippen molar-refractivity contribution in [3.05, 3.63) is 29.8 Å². The van der Waals surface area contributed by atoms with Crippen molar-refractivity contribution in [1.29, 1.82) is 0 Å². The molecule has 0 saturated heterocycles. The van der Waals surface area contributed by atoms with E-state index < -0.39 is 0 Å². The van der Waals surface area contributed by atoms with Crippen LogP contribution in [0.4, 0.5) is 0 Å². The van der Waals surface area contributed by atoms with Crippen LogP contribution in [0.3, 0.4) is 0 Å². The summed E-state index contributed by atoms with van der Waals surface area (Å²) in [6.45, 7) is 2.41. The van der Waals surface area contributed by atoms with Gasteiger partial charge in [0, 0.05) is 13.1 Å². The van der Waals surface area contributed by atoms with Gasteiger partial charge in [0.05, 0.1) is 13.0 Å². The van der Waals surface area contributed by atoms with Gasteiger partial charge in [0.1, 0.15) is 5.75 Å². The molecule has 0 spiro atoms. The third kappa shape index (κ3) is 5.68.